The molecule has 2 atom stereocenters. The minimum Gasteiger partial charge on any atom is -0.487 e. The molecule has 156 valence electrons. The fourth-order valence-corrected chi connectivity index (χ4v) is 6.80. The van der Waals surface area contributed by atoms with Crippen molar-refractivity contribution in [3.63, 3.8) is 0 Å². The number of nitrogens with zero attached hydrogens (tertiary/aromatic N) is 1. The molecule has 1 amide bonds. The first-order chi connectivity index (χ1) is 13.8. The van der Waals surface area contributed by atoms with Gasteiger partial charge in [-0.3, -0.25) is 4.79 Å². The molecule has 0 spiro atoms. The number of amides is 1. The Morgan fingerprint density at radius 1 is 1.24 bits per heavy atom. The average Bonchev–Trinajstić information content (AvgIpc) is 3.23. The van der Waals surface area contributed by atoms with E-state index in [4.69, 9.17) is 4.74 Å². The van der Waals surface area contributed by atoms with Gasteiger partial charge < -0.3 is 10.1 Å². The van der Waals surface area contributed by atoms with E-state index < -0.39 is 10.0 Å². The number of thiophene rings is 1. The number of para-hydroxylation sites is 1. The number of carbonyl (C=O) groups excluding carboxylic acids is 1. The number of hydrogen-bond donors (Lipinski definition) is 1. The van der Waals surface area contributed by atoms with Crippen molar-refractivity contribution in [2.24, 2.45) is 5.92 Å². The molecule has 1 saturated heterocycles. The van der Waals surface area contributed by atoms with E-state index in [-0.39, 0.29) is 30.0 Å². The van der Waals surface area contributed by atoms with Gasteiger partial charge in [0.15, 0.2) is 0 Å². The topological polar surface area (TPSA) is 75.7 Å². The van der Waals surface area contributed by atoms with Gasteiger partial charge in [0.2, 0.25) is 5.91 Å². The first-order valence-electron chi connectivity index (χ1n) is 9.88. The number of hydrogen-bond acceptors (Lipinski definition) is 5. The molecule has 2 aliphatic rings. The van der Waals surface area contributed by atoms with Crippen LogP contribution in [0.25, 0.3) is 0 Å². The summed E-state index contributed by atoms with van der Waals surface area (Å²) >= 11 is 1.21. The van der Waals surface area contributed by atoms with Gasteiger partial charge in [0.1, 0.15) is 15.6 Å². The highest BCUT2D eigenvalue weighted by Gasteiger charge is 2.38. The molecule has 0 saturated carbocycles. The number of ether oxygens (including phenoxy) is 1. The zero-order valence-electron chi connectivity index (χ0n) is 16.6. The SMILES string of the molecule is CC1(C)C[C@@H](NC(=O)[C@@H]2CCCN(S(=O)(=O)c3cccs3)C2)c2ccccc2O1. The second kappa shape index (κ2) is 7.74. The largest absolute Gasteiger partial charge is 0.487 e. The number of carbonyl (C=O) groups is 1. The lowest BCUT2D eigenvalue weighted by atomic mass is 9.89. The minimum absolute atomic E-state index is 0.0893. The molecule has 2 aliphatic heterocycles. The molecular weight excluding hydrogens is 408 g/mol. The van der Waals surface area contributed by atoms with E-state index in [0.717, 1.165) is 11.3 Å². The van der Waals surface area contributed by atoms with Crippen molar-refractivity contribution in [2.75, 3.05) is 13.1 Å². The van der Waals surface area contributed by atoms with E-state index >= 15 is 0 Å². The molecule has 8 heteroatoms. The summed E-state index contributed by atoms with van der Waals surface area (Å²) in [6.45, 7) is 4.70. The van der Waals surface area contributed by atoms with E-state index in [1.807, 2.05) is 38.1 Å². The van der Waals surface area contributed by atoms with Crippen molar-refractivity contribution in [1.82, 2.24) is 9.62 Å². The maximum absolute atomic E-state index is 13.1. The van der Waals surface area contributed by atoms with Crippen LogP contribution in [0.4, 0.5) is 0 Å². The molecule has 1 N–H and O–H groups in total. The summed E-state index contributed by atoms with van der Waals surface area (Å²) in [6, 6.07) is 11.0. The van der Waals surface area contributed by atoms with Crippen LogP contribution in [0, 0.1) is 5.92 Å². The van der Waals surface area contributed by atoms with Gasteiger partial charge in [-0.05, 0) is 44.2 Å². The summed E-state index contributed by atoms with van der Waals surface area (Å²) in [5.41, 5.74) is 0.590. The summed E-state index contributed by atoms with van der Waals surface area (Å²) in [5.74, 6) is 0.352. The van der Waals surface area contributed by atoms with E-state index in [2.05, 4.69) is 5.32 Å². The van der Waals surface area contributed by atoms with Crippen LogP contribution in [0.15, 0.2) is 46.0 Å². The lowest BCUT2D eigenvalue weighted by Gasteiger charge is -2.39. The Bertz CT molecular complexity index is 986. The second-order valence-corrected chi connectivity index (χ2v) is 11.4. The molecule has 0 bridgehead atoms. The number of benzene rings is 1. The molecular formula is C21H26N2O4S2. The Morgan fingerprint density at radius 3 is 2.79 bits per heavy atom. The summed E-state index contributed by atoms with van der Waals surface area (Å²) < 4.78 is 33.5. The van der Waals surface area contributed by atoms with Crippen LogP contribution in [0.5, 0.6) is 5.75 Å². The monoisotopic (exact) mass is 434 g/mol. The van der Waals surface area contributed by atoms with E-state index in [1.54, 1.807) is 17.5 Å². The van der Waals surface area contributed by atoms with Crippen molar-refractivity contribution in [1.29, 1.82) is 0 Å². The first kappa shape index (κ1) is 20.4. The summed E-state index contributed by atoms with van der Waals surface area (Å²) in [4.78, 5) is 13.1. The minimum atomic E-state index is -3.53. The molecule has 1 fully saturated rings. The summed E-state index contributed by atoms with van der Waals surface area (Å²) in [6.07, 6.45) is 2.04. The van der Waals surface area contributed by atoms with Gasteiger partial charge >= 0.3 is 0 Å². The third-order valence-corrected chi connectivity index (χ3v) is 8.78. The number of nitrogens with one attached hydrogen (secondary N) is 1. The Kier molecular flexibility index (Phi) is 5.44. The summed E-state index contributed by atoms with van der Waals surface area (Å²) in [5, 5.41) is 4.92. The maximum atomic E-state index is 13.1. The lowest BCUT2D eigenvalue weighted by molar-refractivity contribution is -0.127. The molecule has 29 heavy (non-hydrogen) atoms. The Hall–Kier alpha value is -1.90. The van der Waals surface area contributed by atoms with Crippen LogP contribution in [0.3, 0.4) is 0 Å². The highest BCUT2D eigenvalue weighted by molar-refractivity contribution is 7.91. The zero-order chi connectivity index (χ0) is 20.6. The van der Waals surface area contributed by atoms with E-state index in [0.29, 0.717) is 30.0 Å². The molecule has 2 aromatic rings. The van der Waals surface area contributed by atoms with Crippen LogP contribution in [0.2, 0.25) is 0 Å². The van der Waals surface area contributed by atoms with Crippen LogP contribution in [-0.2, 0) is 14.8 Å². The van der Waals surface area contributed by atoms with Gasteiger partial charge in [-0.25, -0.2) is 8.42 Å². The molecule has 0 unspecified atom stereocenters. The normalized spacial score (nSPS) is 24.3. The quantitative estimate of drug-likeness (QED) is 0.798. The van der Waals surface area contributed by atoms with Crippen LogP contribution in [-0.4, -0.2) is 37.3 Å². The molecule has 0 aliphatic carbocycles. The third kappa shape index (κ3) is 4.20. The molecule has 4 rings (SSSR count). The fourth-order valence-electron chi connectivity index (χ4n) is 4.13. The van der Waals surface area contributed by atoms with Gasteiger partial charge in [-0.1, -0.05) is 24.3 Å². The predicted octanol–water partition coefficient (Wildman–Crippen LogP) is 3.57. The number of fused-ring (bicyclic) bond motifs is 1. The third-order valence-electron chi connectivity index (χ3n) is 5.54. The zero-order valence-corrected chi connectivity index (χ0v) is 18.3. The first-order valence-corrected chi connectivity index (χ1v) is 12.2. The standard InChI is InChI=1S/C21H26N2O4S2/c1-21(2)13-17(16-8-3-4-9-18(16)27-21)22-20(24)15-7-5-11-23(14-15)29(25,26)19-10-6-12-28-19/h3-4,6,8-10,12,15,17H,5,7,11,13-14H2,1-2H3,(H,22,24)/t15-,17-/m1/s1. The van der Waals surface area contributed by atoms with E-state index in [1.165, 1.54) is 15.6 Å². The molecule has 1 aromatic heterocycles. The molecule has 0 radical (unpaired) electrons. The summed E-state index contributed by atoms with van der Waals surface area (Å²) in [7, 11) is -3.53. The highest BCUT2D eigenvalue weighted by atomic mass is 32.2. The highest BCUT2D eigenvalue weighted by Crippen LogP contribution is 2.39. The van der Waals surface area contributed by atoms with Gasteiger partial charge in [0.25, 0.3) is 10.0 Å². The lowest BCUT2D eigenvalue weighted by Crippen LogP contribution is -2.47. The number of rotatable bonds is 4. The van der Waals surface area contributed by atoms with Gasteiger partial charge in [-0.2, -0.15) is 4.31 Å². The van der Waals surface area contributed by atoms with Crippen molar-refractivity contribution in [3.05, 3.63) is 47.3 Å². The Labute approximate surface area is 175 Å². The molecule has 6 nitrogen and oxygen atoms in total. The van der Waals surface area contributed by atoms with Gasteiger partial charge in [-0.15, -0.1) is 11.3 Å². The van der Waals surface area contributed by atoms with Crippen molar-refractivity contribution >= 4 is 27.3 Å². The van der Waals surface area contributed by atoms with Gasteiger partial charge in [0.05, 0.1) is 12.0 Å². The van der Waals surface area contributed by atoms with Crippen LogP contribution in [0.1, 0.15) is 44.7 Å². The van der Waals surface area contributed by atoms with Crippen LogP contribution < -0.4 is 10.1 Å². The second-order valence-electron chi connectivity index (χ2n) is 8.30. The van der Waals surface area contributed by atoms with E-state index in [9.17, 15) is 13.2 Å². The Balaban J connectivity index is 1.49. The van der Waals surface area contributed by atoms with Crippen molar-refractivity contribution < 1.29 is 17.9 Å². The average molecular weight is 435 g/mol. The smallest absolute Gasteiger partial charge is 0.252 e. The molecule has 1 aromatic carbocycles. The molecule has 3 heterocycles. The van der Waals surface area contributed by atoms with Crippen molar-refractivity contribution in [3.8, 4) is 5.75 Å². The van der Waals surface area contributed by atoms with Crippen molar-refractivity contribution in [2.45, 2.75) is 49.0 Å². The number of sulfonamides is 1. The number of piperidine rings is 1. The Morgan fingerprint density at radius 2 is 2.03 bits per heavy atom. The maximum Gasteiger partial charge on any atom is 0.252 e. The van der Waals surface area contributed by atoms with Crippen LogP contribution >= 0.6 is 11.3 Å². The predicted molar refractivity (Wildman–Crippen MR) is 112 cm³/mol. The fraction of sp³-hybridized carbons (Fsp3) is 0.476. The van der Waals surface area contributed by atoms with Gasteiger partial charge in [0, 0.05) is 25.1 Å².